The van der Waals surface area contributed by atoms with Gasteiger partial charge in [0, 0.05) is 0 Å². The summed E-state index contributed by atoms with van der Waals surface area (Å²) in [4.78, 5) is 14.4. The van der Waals surface area contributed by atoms with E-state index < -0.39 is 0 Å². The molecular weight excluding hydrogens is 290 g/mol. The Morgan fingerprint density at radius 3 is 2.70 bits per heavy atom. The Bertz CT molecular complexity index is 657. The monoisotopic (exact) mass is 311 g/mol. The van der Waals surface area contributed by atoms with Crippen LogP contribution in [0.1, 0.15) is 19.8 Å². The average molecular weight is 311 g/mol. The third kappa shape index (κ3) is 3.65. The van der Waals surface area contributed by atoms with Gasteiger partial charge < -0.3 is 14.4 Å². The molecule has 2 aromatic rings. The van der Waals surface area contributed by atoms with E-state index in [4.69, 9.17) is 9.47 Å². The first-order chi connectivity index (χ1) is 11.3. The molecule has 0 radical (unpaired) electrons. The topological polar surface area (TPSA) is 38.8 Å². The lowest BCUT2D eigenvalue weighted by molar-refractivity contribution is -0.119. The minimum atomic E-state index is 0.0453. The molecule has 23 heavy (non-hydrogen) atoms. The molecule has 0 saturated heterocycles. The van der Waals surface area contributed by atoms with E-state index in [9.17, 15) is 4.79 Å². The second kappa shape index (κ2) is 7.18. The van der Waals surface area contributed by atoms with Gasteiger partial charge in [-0.15, -0.1) is 0 Å². The molecule has 1 aliphatic heterocycles. The lowest BCUT2D eigenvalue weighted by Gasteiger charge is -2.34. The number of benzene rings is 2. The lowest BCUT2D eigenvalue weighted by Crippen LogP contribution is -2.43. The summed E-state index contributed by atoms with van der Waals surface area (Å²) in [5.74, 6) is 1.63. The van der Waals surface area contributed by atoms with Gasteiger partial charge in [-0.2, -0.15) is 0 Å². The largest absolute Gasteiger partial charge is 0.493 e. The maximum absolute atomic E-state index is 12.6. The number of para-hydroxylation sites is 3. The molecule has 0 aromatic heterocycles. The van der Waals surface area contributed by atoms with Crippen LogP contribution < -0.4 is 14.4 Å². The standard InChI is InChI=1S/C19H21NO3/c1-2-15-14-20(17-10-6-7-11-18(17)23-15)19(21)12-13-22-16-8-4-3-5-9-16/h3-11,15H,2,12-14H2,1H3. The fraction of sp³-hybridized carbons (Fsp3) is 0.316. The molecule has 4 nitrogen and oxygen atoms in total. The predicted molar refractivity (Wildman–Crippen MR) is 90.1 cm³/mol. The third-order valence-electron chi connectivity index (χ3n) is 3.92. The van der Waals surface area contributed by atoms with Crippen LogP contribution in [0, 0.1) is 0 Å². The van der Waals surface area contributed by atoms with Crippen molar-refractivity contribution in [3.05, 3.63) is 54.6 Å². The fourth-order valence-electron chi connectivity index (χ4n) is 2.66. The number of carbonyl (C=O) groups excluding carboxylic acids is 1. The van der Waals surface area contributed by atoms with E-state index in [2.05, 4.69) is 6.92 Å². The normalized spacial score (nSPS) is 16.4. The van der Waals surface area contributed by atoms with Crippen molar-refractivity contribution in [3.63, 3.8) is 0 Å². The summed E-state index contributed by atoms with van der Waals surface area (Å²) in [6, 6.07) is 17.3. The van der Waals surface area contributed by atoms with Crippen LogP contribution in [0.2, 0.25) is 0 Å². The van der Waals surface area contributed by atoms with Crippen molar-refractivity contribution in [2.24, 2.45) is 0 Å². The first kappa shape index (κ1) is 15.4. The van der Waals surface area contributed by atoms with Crippen LogP contribution in [0.25, 0.3) is 0 Å². The van der Waals surface area contributed by atoms with Gasteiger partial charge >= 0.3 is 0 Å². The summed E-state index contributed by atoms with van der Waals surface area (Å²) in [7, 11) is 0. The molecule has 0 bridgehead atoms. The summed E-state index contributed by atoms with van der Waals surface area (Å²) < 4.78 is 11.5. The number of carbonyl (C=O) groups is 1. The summed E-state index contributed by atoms with van der Waals surface area (Å²) in [6.45, 7) is 3.04. The molecule has 1 heterocycles. The Hall–Kier alpha value is -2.49. The van der Waals surface area contributed by atoms with Gasteiger partial charge in [0.1, 0.15) is 17.6 Å². The summed E-state index contributed by atoms with van der Waals surface area (Å²) >= 11 is 0. The summed E-state index contributed by atoms with van der Waals surface area (Å²) in [5.41, 5.74) is 0.849. The smallest absolute Gasteiger partial charge is 0.230 e. The molecule has 0 spiro atoms. The van der Waals surface area contributed by atoms with E-state index in [0.717, 1.165) is 23.6 Å². The van der Waals surface area contributed by atoms with Crippen molar-refractivity contribution in [1.29, 1.82) is 0 Å². The number of hydrogen-bond donors (Lipinski definition) is 0. The maximum Gasteiger partial charge on any atom is 0.230 e. The van der Waals surface area contributed by atoms with Crippen LogP contribution in [-0.2, 0) is 4.79 Å². The number of amides is 1. The van der Waals surface area contributed by atoms with Gasteiger partial charge in [0.2, 0.25) is 5.91 Å². The van der Waals surface area contributed by atoms with Crippen molar-refractivity contribution in [2.45, 2.75) is 25.9 Å². The van der Waals surface area contributed by atoms with Gasteiger partial charge in [0.05, 0.1) is 25.3 Å². The number of nitrogens with zero attached hydrogens (tertiary/aromatic N) is 1. The average Bonchev–Trinajstić information content (AvgIpc) is 2.61. The molecule has 1 aliphatic rings. The number of ether oxygens (including phenoxy) is 2. The molecule has 2 aromatic carbocycles. The highest BCUT2D eigenvalue weighted by Gasteiger charge is 2.28. The number of anilines is 1. The van der Waals surface area contributed by atoms with Gasteiger partial charge in [-0.25, -0.2) is 0 Å². The first-order valence-electron chi connectivity index (χ1n) is 8.02. The van der Waals surface area contributed by atoms with Crippen molar-refractivity contribution in [2.75, 3.05) is 18.1 Å². The molecule has 1 unspecified atom stereocenters. The number of rotatable bonds is 5. The zero-order valence-electron chi connectivity index (χ0n) is 13.3. The second-order valence-corrected chi connectivity index (χ2v) is 5.53. The maximum atomic E-state index is 12.6. The van der Waals surface area contributed by atoms with Crippen molar-refractivity contribution in [1.82, 2.24) is 0 Å². The Morgan fingerprint density at radius 1 is 1.17 bits per heavy atom. The zero-order chi connectivity index (χ0) is 16.1. The van der Waals surface area contributed by atoms with E-state index in [1.807, 2.05) is 59.5 Å². The number of fused-ring (bicyclic) bond motifs is 1. The predicted octanol–water partition coefficient (Wildman–Crippen LogP) is 3.66. The lowest BCUT2D eigenvalue weighted by atomic mass is 10.1. The van der Waals surface area contributed by atoms with Crippen LogP contribution in [0.3, 0.4) is 0 Å². The molecule has 3 rings (SSSR count). The summed E-state index contributed by atoms with van der Waals surface area (Å²) in [5, 5.41) is 0. The molecule has 1 amide bonds. The minimum absolute atomic E-state index is 0.0453. The second-order valence-electron chi connectivity index (χ2n) is 5.53. The Morgan fingerprint density at radius 2 is 1.91 bits per heavy atom. The molecule has 0 saturated carbocycles. The molecule has 0 N–H and O–H groups in total. The Kier molecular flexibility index (Phi) is 4.81. The molecule has 4 heteroatoms. The third-order valence-corrected chi connectivity index (χ3v) is 3.92. The number of hydrogen-bond acceptors (Lipinski definition) is 3. The Labute approximate surface area is 136 Å². The van der Waals surface area contributed by atoms with Crippen LogP contribution in [0.4, 0.5) is 5.69 Å². The van der Waals surface area contributed by atoms with Crippen molar-refractivity contribution < 1.29 is 14.3 Å². The molecule has 120 valence electrons. The van der Waals surface area contributed by atoms with E-state index in [0.29, 0.717) is 19.6 Å². The molecule has 1 atom stereocenters. The van der Waals surface area contributed by atoms with Gasteiger partial charge in [0.25, 0.3) is 0 Å². The van der Waals surface area contributed by atoms with E-state index in [1.54, 1.807) is 0 Å². The van der Waals surface area contributed by atoms with Crippen LogP contribution in [0.15, 0.2) is 54.6 Å². The van der Waals surface area contributed by atoms with Crippen LogP contribution in [-0.4, -0.2) is 25.2 Å². The van der Waals surface area contributed by atoms with E-state index >= 15 is 0 Å². The highest BCUT2D eigenvalue weighted by atomic mass is 16.5. The Balaban J connectivity index is 1.64. The SMILES string of the molecule is CCC1CN(C(=O)CCOc2ccccc2)c2ccccc2O1. The highest BCUT2D eigenvalue weighted by molar-refractivity contribution is 5.95. The van der Waals surface area contributed by atoms with Gasteiger partial charge in [0.15, 0.2) is 0 Å². The molecule has 0 fully saturated rings. The van der Waals surface area contributed by atoms with Gasteiger partial charge in [-0.3, -0.25) is 4.79 Å². The van der Waals surface area contributed by atoms with Crippen LogP contribution >= 0.6 is 0 Å². The first-order valence-corrected chi connectivity index (χ1v) is 8.02. The summed E-state index contributed by atoms with van der Waals surface area (Å²) in [6.07, 6.45) is 1.27. The van der Waals surface area contributed by atoms with Crippen molar-refractivity contribution in [3.8, 4) is 11.5 Å². The highest BCUT2D eigenvalue weighted by Crippen LogP contribution is 2.34. The fourth-order valence-corrected chi connectivity index (χ4v) is 2.66. The molecule has 0 aliphatic carbocycles. The van der Waals surface area contributed by atoms with E-state index in [1.165, 1.54) is 0 Å². The molecular formula is C19H21NO3. The minimum Gasteiger partial charge on any atom is -0.493 e. The van der Waals surface area contributed by atoms with Crippen LogP contribution in [0.5, 0.6) is 11.5 Å². The van der Waals surface area contributed by atoms with Gasteiger partial charge in [-0.05, 0) is 30.7 Å². The zero-order valence-corrected chi connectivity index (χ0v) is 13.3. The quantitative estimate of drug-likeness (QED) is 0.846. The van der Waals surface area contributed by atoms with Gasteiger partial charge in [-0.1, -0.05) is 37.3 Å². The van der Waals surface area contributed by atoms with Crippen molar-refractivity contribution >= 4 is 11.6 Å². The van der Waals surface area contributed by atoms with E-state index in [-0.39, 0.29) is 12.0 Å².